The molecule has 3 nitrogen and oxygen atoms in total. The van der Waals surface area contributed by atoms with E-state index in [2.05, 4.69) is 21.0 Å². The van der Waals surface area contributed by atoms with E-state index < -0.39 is 0 Å². The van der Waals surface area contributed by atoms with Crippen molar-refractivity contribution in [1.82, 2.24) is 9.78 Å². The maximum absolute atomic E-state index is 12.4. The van der Waals surface area contributed by atoms with Gasteiger partial charge in [-0.3, -0.25) is 9.48 Å². The zero-order chi connectivity index (χ0) is 12.7. The molecule has 5 heteroatoms. The number of benzene rings is 1. The largest absolute Gasteiger partial charge is 0.286 e. The molecule has 18 heavy (non-hydrogen) atoms. The Morgan fingerprint density at radius 1 is 1.39 bits per heavy atom. The second kappa shape index (κ2) is 4.33. The van der Waals surface area contributed by atoms with Crippen LogP contribution in [0.4, 0.5) is 0 Å². The fraction of sp³-hybridized carbons (Fsp3) is 0.0769. The SMILES string of the molecule is Cn1ncc(Br)c1C(=O)c1cc2ccccc2s1. The summed E-state index contributed by atoms with van der Waals surface area (Å²) in [6.07, 6.45) is 1.64. The van der Waals surface area contributed by atoms with Crippen LogP contribution in [-0.4, -0.2) is 15.6 Å². The third-order valence-electron chi connectivity index (χ3n) is 2.76. The van der Waals surface area contributed by atoms with Crippen molar-refractivity contribution in [2.45, 2.75) is 0 Å². The van der Waals surface area contributed by atoms with Gasteiger partial charge in [-0.2, -0.15) is 5.10 Å². The summed E-state index contributed by atoms with van der Waals surface area (Å²) in [4.78, 5) is 13.2. The van der Waals surface area contributed by atoms with Crippen LogP contribution in [0.3, 0.4) is 0 Å². The Labute approximate surface area is 116 Å². The first-order valence-electron chi connectivity index (χ1n) is 5.37. The normalized spacial score (nSPS) is 11.0. The van der Waals surface area contributed by atoms with Crippen molar-refractivity contribution in [2.75, 3.05) is 0 Å². The molecule has 0 N–H and O–H groups in total. The van der Waals surface area contributed by atoms with Gasteiger partial charge in [0.05, 0.1) is 15.5 Å². The van der Waals surface area contributed by atoms with E-state index in [9.17, 15) is 4.79 Å². The number of nitrogens with zero attached hydrogens (tertiary/aromatic N) is 2. The Hall–Kier alpha value is -1.46. The average Bonchev–Trinajstić information content (AvgIpc) is 2.92. The molecule has 0 aliphatic rings. The standard InChI is InChI=1S/C13H9BrN2OS/c1-16-12(9(14)7-15-16)13(17)11-6-8-4-2-3-5-10(8)18-11/h2-7H,1H3. The van der Waals surface area contributed by atoms with Crippen LogP contribution in [0, 0.1) is 0 Å². The smallest absolute Gasteiger partial charge is 0.222 e. The number of aromatic nitrogens is 2. The molecule has 90 valence electrons. The number of halogens is 1. The van der Waals surface area contributed by atoms with Crippen LogP contribution in [0.5, 0.6) is 0 Å². The molecule has 3 rings (SSSR count). The van der Waals surface area contributed by atoms with Gasteiger partial charge in [0.1, 0.15) is 5.69 Å². The Morgan fingerprint density at radius 3 is 2.83 bits per heavy atom. The first-order valence-corrected chi connectivity index (χ1v) is 6.98. The van der Waals surface area contributed by atoms with Gasteiger partial charge in [-0.1, -0.05) is 18.2 Å². The van der Waals surface area contributed by atoms with E-state index in [1.54, 1.807) is 17.9 Å². The lowest BCUT2D eigenvalue weighted by Gasteiger charge is -1.99. The zero-order valence-corrected chi connectivity index (χ0v) is 12.0. The van der Waals surface area contributed by atoms with Gasteiger partial charge in [-0.05, 0) is 33.4 Å². The number of aryl methyl sites for hydroxylation is 1. The molecule has 0 spiro atoms. The van der Waals surface area contributed by atoms with E-state index in [0.29, 0.717) is 5.69 Å². The minimum atomic E-state index is 0.00285. The third-order valence-corrected chi connectivity index (χ3v) is 4.45. The van der Waals surface area contributed by atoms with E-state index >= 15 is 0 Å². The van der Waals surface area contributed by atoms with E-state index in [1.165, 1.54) is 11.3 Å². The van der Waals surface area contributed by atoms with Crippen LogP contribution in [0.2, 0.25) is 0 Å². The maximum Gasteiger partial charge on any atom is 0.222 e. The van der Waals surface area contributed by atoms with Gasteiger partial charge in [-0.25, -0.2) is 0 Å². The molecule has 0 fully saturated rings. The third kappa shape index (κ3) is 1.79. The van der Waals surface area contributed by atoms with Gasteiger partial charge in [0.15, 0.2) is 0 Å². The molecule has 1 aromatic carbocycles. The Balaban J connectivity index is 2.12. The fourth-order valence-corrected chi connectivity index (χ4v) is 3.41. The number of ketones is 1. The Bertz CT molecular complexity index is 692. The molecular formula is C13H9BrN2OS. The molecule has 0 atom stereocenters. The van der Waals surface area contributed by atoms with Crippen molar-refractivity contribution in [3.8, 4) is 0 Å². The molecule has 0 radical (unpaired) electrons. The van der Waals surface area contributed by atoms with Crippen LogP contribution in [-0.2, 0) is 7.05 Å². The van der Waals surface area contributed by atoms with Crippen LogP contribution in [0.1, 0.15) is 15.4 Å². The monoisotopic (exact) mass is 320 g/mol. The van der Waals surface area contributed by atoms with Gasteiger partial charge < -0.3 is 0 Å². The lowest BCUT2D eigenvalue weighted by molar-refractivity contribution is 0.103. The number of thiophene rings is 1. The zero-order valence-electron chi connectivity index (χ0n) is 9.55. The molecule has 0 saturated heterocycles. The van der Waals surface area contributed by atoms with Crippen molar-refractivity contribution in [2.24, 2.45) is 7.05 Å². The minimum Gasteiger partial charge on any atom is -0.286 e. The highest BCUT2D eigenvalue weighted by Gasteiger charge is 2.19. The van der Waals surface area contributed by atoms with Crippen molar-refractivity contribution in [1.29, 1.82) is 0 Å². The Kier molecular flexibility index (Phi) is 2.80. The molecule has 0 aliphatic heterocycles. The molecule has 0 saturated carbocycles. The molecule has 0 bridgehead atoms. The van der Waals surface area contributed by atoms with Crippen molar-refractivity contribution < 1.29 is 4.79 Å². The van der Waals surface area contributed by atoms with Crippen LogP contribution in [0.15, 0.2) is 41.0 Å². The highest BCUT2D eigenvalue weighted by Crippen LogP contribution is 2.28. The van der Waals surface area contributed by atoms with Gasteiger partial charge in [0.25, 0.3) is 0 Å². The summed E-state index contributed by atoms with van der Waals surface area (Å²) in [5.74, 6) is 0.00285. The van der Waals surface area contributed by atoms with Gasteiger partial charge >= 0.3 is 0 Å². The van der Waals surface area contributed by atoms with E-state index in [1.807, 2.05) is 30.3 Å². The number of rotatable bonds is 2. The average molecular weight is 321 g/mol. The predicted molar refractivity (Wildman–Crippen MR) is 76.2 cm³/mol. The second-order valence-electron chi connectivity index (χ2n) is 3.94. The summed E-state index contributed by atoms with van der Waals surface area (Å²) in [7, 11) is 1.77. The molecule has 0 amide bonds. The predicted octanol–water partition coefficient (Wildman–Crippen LogP) is 3.63. The summed E-state index contributed by atoms with van der Waals surface area (Å²) in [6.45, 7) is 0. The maximum atomic E-state index is 12.4. The highest BCUT2D eigenvalue weighted by molar-refractivity contribution is 9.10. The number of carbonyl (C=O) groups is 1. The first kappa shape index (κ1) is 11.6. The summed E-state index contributed by atoms with van der Waals surface area (Å²) >= 11 is 4.87. The topological polar surface area (TPSA) is 34.9 Å². The van der Waals surface area contributed by atoms with Crippen molar-refractivity contribution in [3.63, 3.8) is 0 Å². The number of carbonyl (C=O) groups excluding carboxylic acids is 1. The van der Waals surface area contributed by atoms with E-state index in [4.69, 9.17) is 0 Å². The van der Waals surface area contributed by atoms with Crippen molar-refractivity contribution >= 4 is 43.1 Å². The summed E-state index contributed by atoms with van der Waals surface area (Å²) in [6, 6.07) is 9.92. The lowest BCUT2D eigenvalue weighted by atomic mass is 10.2. The van der Waals surface area contributed by atoms with Gasteiger partial charge in [0, 0.05) is 11.7 Å². The highest BCUT2D eigenvalue weighted by atomic mass is 79.9. The van der Waals surface area contributed by atoms with Crippen LogP contribution < -0.4 is 0 Å². The molecular weight excluding hydrogens is 312 g/mol. The van der Waals surface area contributed by atoms with E-state index in [0.717, 1.165) is 19.4 Å². The molecule has 0 aliphatic carbocycles. The number of fused-ring (bicyclic) bond motifs is 1. The van der Waals surface area contributed by atoms with Gasteiger partial charge in [-0.15, -0.1) is 11.3 Å². The second-order valence-corrected chi connectivity index (χ2v) is 5.88. The van der Waals surface area contributed by atoms with Crippen LogP contribution in [0.25, 0.3) is 10.1 Å². The number of hydrogen-bond donors (Lipinski definition) is 0. The molecule has 2 heterocycles. The lowest BCUT2D eigenvalue weighted by Crippen LogP contribution is -2.07. The van der Waals surface area contributed by atoms with E-state index in [-0.39, 0.29) is 5.78 Å². The fourth-order valence-electron chi connectivity index (χ4n) is 1.88. The first-order chi connectivity index (χ1) is 8.66. The Morgan fingerprint density at radius 2 is 2.17 bits per heavy atom. The summed E-state index contributed by atoms with van der Waals surface area (Å²) in [5.41, 5.74) is 0.585. The number of hydrogen-bond acceptors (Lipinski definition) is 3. The van der Waals surface area contributed by atoms with Gasteiger partial charge in [0.2, 0.25) is 5.78 Å². The summed E-state index contributed by atoms with van der Waals surface area (Å²) in [5, 5.41) is 5.17. The summed E-state index contributed by atoms with van der Waals surface area (Å²) < 4.78 is 3.45. The van der Waals surface area contributed by atoms with Crippen molar-refractivity contribution in [3.05, 3.63) is 51.6 Å². The molecule has 0 unspecified atom stereocenters. The van der Waals surface area contributed by atoms with Crippen LogP contribution >= 0.6 is 27.3 Å². The molecule has 3 aromatic rings. The quantitative estimate of drug-likeness (QED) is 0.676. The molecule has 2 aromatic heterocycles. The minimum absolute atomic E-state index is 0.00285.